The van der Waals surface area contributed by atoms with E-state index in [1.54, 1.807) is 23.1 Å². The van der Waals surface area contributed by atoms with Gasteiger partial charge in [-0.3, -0.25) is 9.20 Å². The van der Waals surface area contributed by atoms with Gasteiger partial charge in [0.2, 0.25) is 5.91 Å². The Bertz CT molecular complexity index is 949. The second kappa shape index (κ2) is 6.47. The van der Waals surface area contributed by atoms with E-state index in [4.69, 9.17) is 0 Å². The SMILES string of the molecule is O=C(/C=C/c1ccccc1F)N1CCCC1c1nnc2ccccn12. The molecule has 2 aromatic heterocycles. The molecule has 3 aromatic rings. The molecular weight excluding hydrogens is 319 g/mol. The molecule has 5 nitrogen and oxygen atoms in total. The summed E-state index contributed by atoms with van der Waals surface area (Å²) >= 11 is 0. The topological polar surface area (TPSA) is 50.5 Å². The maximum Gasteiger partial charge on any atom is 0.247 e. The summed E-state index contributed by atoms with van der Waals surface area (Å²) in [4.78, 5) is 14.4. The van der Waals surface area contributed by atoms with E-state index in [0.29, 0.717) is 12.1 Å². The molecule has 0 bridgehead atoms. The highest BCUT2D eigenvalue weighted by molar-refractivity contribution is 5.92. The summed E-state index contributed by atoms with van der Waals surface area (Å²) < 4.78 is 15.6. The molecule has 0 spiro atoms. The predicted octanol–water partition coefficient (Wildman–Crippen LogP) is 3.25. The fraction of sp³-hybridized carbons (Fsp3) is 0.211. The first kappa shape index (κ1) is 15.5. The normalized spacial score (nSPS) is 17.6. The minimum atomic E-state index is -0.340. The van der Waals surface area contributed by atoms with E-state index >= 15 is 0 Å². The smallest absolute Gasteiger partial charge is 0.247 e. The molecule has 1 aromatic carbocycles. The molecule has 1 amide bonds. The number of aromatic nitrogens is 3. The Morgan fingerprint density at radius 2 is 2.00 bits per heavy atom. The van der Waals surface area contributed by atoms with E-state index in [2.05, 4.69) is 10.2 Å². The van der Waals surface area contributed by atoms with Gasteiger partial charge in [-0.25, -0.2) is 4.39 Å². The van der Waals surface area contributed by atoms with Crippen LogP contribution in [0.25, 0.3) is 11.7 Å². The monoisotopic (exact) mass is 336 g/mol. The quantitative estimate of drug-likeness (QED) is 0.690. The number of carbonyl (C=O) groups is 1. The standard InChI is InChI=1S/C19H17FN4O/c20-15-7-2-1-6-14(15)10-11-18(25)23-13-5-8-16(23)19-22-21-17-9-3-4-12-24(17)19/h1-4,6-7,9-12,16H,5,8,13H2/b11-10+. The number of halogens is 1. The van der Waals surface area contributed by atoms with Crippen LogP contribution in [0, 0.1) is 5.82 Å². The lowest BCUT2D eigenvalue weighted by Crippen LogP contribution is -2.30. The molecule has 0 aliphatic carbocycles. The third-order valence-corrected chi connectivity index (χ3v) is 4.48. The van der Waals surface area contributed by atoms with Crippen molar-refractivity contribution in [3.8, 4) is 0 Å². The van der Waals surface area contributed by atoms with Crippen LogP contribution in [0.4, 0.5) is 4.39 Å². The van der Waals surface area contributed by atoms with Gasteiger partial charge >= 0.3 is 0 Å². The van der Waals surface area contributed by atoms with E-state index < -0.39 is 0 Å². The lowest BCUT2D eigenvalue weighted by atomic mass is 10.2. The number of nitrogens with zero attached hydrogens (tertiary/aromatic N) is 4. The van der Waals surface area contributed by atoms with E-state index in [9.17, 15) is 9.18 Å². The molecule has 0 saturated carbocycles. The highest BCUT2D eigenvalue weighted by atomic mass is 19.1. The van der Waals surface area contributed by atoms with E-state index in [-0.39, 0.29) is 17.8 Å². The van der Waals surface area contributed by atoms with Crippen LogP contribution in [0.3, 0.4) is 0 Å². The summed E-state index contributed by atoms with van der Waals surface area (Å²) in [7, 11) is 0. The van der Waals surface area contributed by atoms with Gasteiger partial charge in [0, 0.05) is 24.4 Å². The first-order valence-corrected chi connectivity index (χ1v) is 8.27. The largest absolute Gasteiger partial charge is 0.329 e. The summed E-state index contributed by atoms with van der Waals surface area (Å²) in [5.74, 6) is 0.284. The zero-order valence-electron chi connectivity index (χ0n) is 13.5. The highest BCUT2D eigenvalue weighted by Gasteiger charge is 2.32. The molecule has 0 radical (unpaired) electrons. The van der Waals surface area contributed by atoms with Crippen molar-refractivity contribution < 1.29 is 9.18 Å². The number of fused-ring (bicyclic) bond motifs is 1. The Labute approximate surface area is 144 Å². The van der Waals surface area contributed by atoms with Crippen LogP contribution in [-0.4, -0.2) is 31.9 Å². The van der Waals surface area contributed by atoms with Gasteiger partial charge in [-0.2, -0.15) is 0 Å². The first-order chi connectivity index (χ1) is 12.2. The average Bonchev–Trinajstić information content (AvgIpc) is 3.27. The van der Waals surface area contributed by atoms with Crippen LogP contribution in [0.2, 0.25) is 0 Å². The van der Waals surface area contributed by atoms with E-state index in [1.165, 1.54) is 18.2 Å². The van der Waals surface area contributed by atoms with Crippen molar-refractivity contribution in [1.29, 1.82) is 0 Å². The number of benzene rings is 1. The van der Waals surface area contributed by atoms with Crippen molar-refractivity contribution in [2.45, 2.75) is 18.9 Å². The van der Waals surface area contributed by atoms with Gasteiger partial charge in [0.05, 0.1) is 6.04 Å². The number of hydrogen-bond donors (Lipinski definition) is 0. The Hall–Kier alpha value is -3.02. The van der Waals surface area contributed by atoms with Crippen LogP contribution in [-0.2, 0) is 4.79 Å². The summed E-state index contributed by atoms with van der Waals surface area (Å²) in [6, 6.07) is 12.0. The molecule has 3 heterocycles. The van der Waals surface area contributed by atoms with Gasteiger partial charge in [0.25, 0.3) is 0 Å². The summed E-state index contributed by atoms with van der Waals surface area (Å²) in [5.41, 5.74) is 1.17. The molecule has 1 unspecified atom stereocenters. The van der Waals surface area contributed by atoms with E-state index in [1.807, 2.05) is 28.8 Å². The predicted molar refractivity (Wildman–Crippen MR) is 92.1 cm³/mol. The third kappa shape index (κ3) is 2.91. The van der Waals surface area contributed by atoms with Crippen molar-refractivity contribution in [3.63, 3.8) is 0 Å². The molecule has 4 rings (SSSR count). The Balaban J connectivity index is 1.59. The number of amides is 1. The fourth-order valence-corrected chi connectivity index (χ4v) is 3.25. The molecule has 25 heavy (non-hydrogen) atoms. The summed E-state index contributed by atoms with van der Waals surface area (Å²) in [5, 5.41) is 8.45. The molecule has 126 valence electrons. The minimum Gasteiger partial charge on any atom is -0.329 e. The van der Waals surface area contributed by atoms with E-state index in [0.717, 1.165) is 24.3 Å². The Kier molecular flexibility index (Phi) is 4.01. The fourth-order valence-electron chi connectivity index (χ4n) is 3.25. The van der Waals surface area contributed by atoms with Crippen molar-refractivity contribution in [2.24, 2.45) is 0 Å². The zero-order chi connectivity index (χ0) is 17.2. The van der Waals surface area contributed by atoms with Crippen LogP contribution in [0.5, 0.6) is 0 Å². The summed E-state index contributed by atoms with van der Waals surface area (Å²) in [6.45, 7) is 0.660. The molecule has 1 aliphatic rings. The van der Waals surface area contributed by atoms with Crippen molar-refractivity contribution in [3.05, 3.63) is 71.9 Å². The number of carbonyl (C=O) groups excluding carboxylic acids is 1. The zero-order valence-corrected chi connectivity index (χ0v) is 13.5. The van der Waals surface area contributed by atoms with Gasteiger partial charge in [-0.1, -0.05) is 24.3 Å². The van der Waals surface area contributed by atoms with Crippen LogP contribution >= 0.6 is 0 Å². The number of rotatable bonds is 3. The number of hydrogen-bond acceptors (Lipinski definition) is 3. The minimum absolute atomic E-state index is 0.116. The van der Waals surface area contributed by atoms with Gasteiger partial charge in [-0.05, 0) is 37.1 Å². The molecular formula is C19H17FN4O. The van der Waals surface area contributed by atoms with Crippen LogP contribution in [0.15, 0.2) is 54.7 Å². The number of pyridine rings is 1. The molecule has 1 fully saturated rings. The van der Waals surface area contributed by atoms with Gasteiger partial charge in [-0.15, -0.1) is 10.2 Å². The summed E-state index contributed by atoms with van der Waals surface area (Å²) in [6.07, 6.45) is 6.61. The molecule has 0 N–H and O–H groups in total. The van der Waals surface area contributed by atoms with Gasteiger partial charge < -0.3 is 4.90 Å². The number of likely N-dealkylation sites (tertiary alicyclic amines) is 1. The van der Waals surface area contributed by atoms with Crippen molar-refractivity contribution in [1.82, 2.24) is 19.5 Å². The van der Waals surface area contributed by atoms with Crippen LogP contribution < -0.4 is 0 Å². The van der Waals surface area contributed by atoms with Gasteiger partial charge in [0.1, 0.15) is 5.82 Å². The molecule has 1 aliphatic heterocycles. The second-order valence-corrected chi connectivity index (χ2v) is 6.03. The average molecular weight is 336 g/mol. The molecule has 1 saturated heterocycles. The Morgan fingerprint density at radius 1 is 1.16 bits per heavy atom. The Morgan fingerprint density at radius 3 is 2.88 bits per heavy atom. The maximum absolute atomic E-state index is 13.7. The first-order valence-electron chi connectivity index (χ1n) is 8.27. The lowest BCUT2D eigenvalue weighted by molar-refractivity contribution is -0.127. The highest BCUT2D eigenvalue weighted by Crippen LogP contribution is 2.31. The molecule has 6 heteroatoms. The van der Waals surface area contributed by atoms with Gasteiger partial charge in [0.15, 0.2) is 11.5 Å². The maximum atomic E-state index is 13.7. The second-order valence-electron chi connectivity index (χ2n) is 6.03. The molecule has 1 atom stereocenters. The van der Waals surface area contributed by atoms with Crippen molar-refractivity contribution in [2.75, 3.05) is 6.54 Å². The van der Waals surface area contributed by atoms with Crippen LogP contribution in [0.1, 0.15) is 30.3 Å². The third-order valence-electron chi connectivity index (χ3n) is 4.48. The van der Waals surface area contributed by atoms with Crippen molar-refractivity contribution >= 4 is 17.6 Å². The lowest BCUT2D eigenvalue weighted by Gasteiger charge is -2.22.